The second-order valence-corrected chi connectivity index (χ2v) is 5.82. The number of para-hydroxylation sites is 1. The predicted molar refractivity (Wildman–Crippen MR) is 100 cm³/mol. The number of nitrogens with zero attached hydrogens (tertiary/aromatic N) is 2. The molecule has 0 bridgehead atoms. The predicted octanol–water partition coefficient (Wildman–Crippen LogP) is 4.42. The van der Waals surface area contributed by atoms with E-state index in [0.717, 1.165) is 27.1 Å². The molecule has 1 heterocycles. The van der Waals surface area contributed by atoms with Gasteiger partial charge >= 0.3 is 6.09 Å². The van der Waals surface area contributed by atoms with Crippen LogP contribution in [-0.2, 0) is 11.3 Å². The van der Waals surface area contributed by atoms with Gasteiger partial charge < -0.3 is 9.30 Å². The molecular weight excluding hydrogens is 338 g/mol. The fraction of sp³-hybridized carbons (Fsp3) is 0.158. The number of hydrogen-bond donors (Lipinski definition) is 1. The summed E-state index contributed by atoms with van der Waals surface area (Å²) in [6.07, 6.45) is 3.03. The van der Waals surface area contributed by atoms with E-state index in [9.17, 15) is 4.79 Å². The van der Waals surface area contributed by atoms with Gasteiger partial charge in [0, 0.05) is 34.2 Å². The van der Waals surface area contributed by atoms with Gasteiger partial charge in [0.25, 0.3) is 0 Å². The molecule has 0 unspecified atom stereocenters. The Bertz CT molecular complexity index is 918. The molecular formula is C19H18ClN3O2. The second-order valence-electron chi connectivity index (χ2n) is 5.41. The van der Waals surface area contributed by atoms with Crippen molar-refractivity contribution in [3.8, 4) is 0 Å². The van der Waals surface area contributed by atoms with Gasteiger partial charge in [-0.25, -0.2) is 10.2 Å². The van der Waals surface area contributed by atoms with Gasteiger partial charge in [0.05, 0.1) is 12.8 Å². The van der Waals surface area contributed by atoms with Crippen LogP contribution in [0, 0.1) is 0 Å². The first-order valence-electron chi connectivity index (χ1n) is 7.96. The van der Waals surface area contributed by atoms with Gasteiger partial charge in [-0.15, -0.1) is 0 Å². The van der Waals surface area contributed by atoms with E-state index >= 15 is 0 Å². The lowest BCUT2D eigenvalue weighted by atomic mass is 10.2. The lowest BCUT2D eigenvalue weighted by Gasteiger charge is -2.07. The Hall–Kier alpha value is -2.79. The van der Waals surface area contributed by atoms with Crippen LogP contribution in [0.15, 0.2) is 59.8 Å². The van der Waals surface area contributed by atoms with E-state index in [1.807, 2.05) is 54.7 Å². The molecule has 0 aliphatic rings. The fourth-order valence-electron chi connectivity index (χ4n) is 2.64. The highest BCUT2D eigenvalue weighted by Gasteiger charge is 2.08. The Morgan fingerprint density at radius 1 is 1.24 bits per heavy atom. The van der Waals surface area contributed by atoms with Crippen molar-refractivity contribution in [2.45, 2.75) is 13.5 Å². The van der Waals surface area contributed by atoms with Crippen molar-refractivity contribution in [2.24, 2.45) is 5.10 Å². The van der Waals surface area contributed by atoms with Crippen molar-refractivity contribution in [2.75, 3.05) is 6.61 Å². The number of halogens is 1. The number of nitrogens with one attached hydrogen (secondary N) is 1. The van der Waals surface area contributed by atoms with E-state index in [-0.39, 0.29) is 0 Å². The maximum absolute atomic E-state index is 11.3. The van der Waals surface area contributed by atoms with Crippen LogP contribution >= 0.6 is 11.6 Å². The molecule has 0 saturated carbocycles. The molecule has 0 radical (unpaired) electrons. The zero-order chi connectivity index (χ0) is 17.6. The molecule has 128 valence electrons. The molecule has 1 N–H and O–H groups in total. The lowest BCUT2D eigenvalue weighted by molar-refractivity contribution is 0.152. The van der Waals surface area contributed by atoms with E-state index in [4.69, 9.17) is 16.3 Å². The minimum Gasteiger partial charge on any atom is -0.449 e. The van der Waals surface area contributed by atoms with Crippen molar-refractivity contribution in [3.05, 3.63) is 70.9 Å². The van der Waals surface area contributed by atoms with Crippen LogP contribution in [0.2, 0.25) is 5.02 Å². The number of benzene rings is 2. The van der Waals surface area contributed by atoms with Crippen LogP contribution in [0.25, 0.3) is 10.9 Å². The molecule has 3 rings (SSSR count). The van der Waals surface area contributed by atoms with Crippen LogP contribution < -0.4 is 5.43 Å². The largest absolute Gasteiger partial charge is 0.449 e. The Kier molecular flexibility index (Phi) is 5.36. The molecule has 0 spiro atoms. The zero-order valence-electron chi connectivity index (χ0n) is 13.8. The quantitative estimate of drug-likeness (QED) is 0.544. The maximum atomic E-state index is 11.3. The molecule has 0 saturated heterocycles. The van der Waals surface area contributed by atoms with Gasteiger partial charge in [-0.05, 0) is 24.6 Å². The normalized spacial score (nSPS) is 11.1. The molecule has 1 aromatic heterocycles. The average molecular weight is 356 g/mol. The summed E-state index contributed by atoms with van der Waals surface area (Å²) in [6, 6.07) is 15.8. The Balaban J connectivity index is 1.89. The number of hydrogen-bond acceptors (Lipinski definition) is 3. The third-order valence-corrected chi connectivity index (χ3v) is 4.12. The highest BCUT2D eigenvalue weighted by Crippen LogP contribution is 2.23. The number of aromatic nitrogens is 1. The van der Waals surface area contributed by atoms with Crippen LogP contribution in [0.1, 0.15) is 18.1 Å². The standard InChI is InChI=1S/C19H18ClN3O2/c1-2-25-19(24)22-21-11-15-13-23(18-10-6-4-8-16(15)18)12-14-7-3-5-9-17(14)20/h3-11,13H,2,12H2,1H3,(H,22,24)/b21-11-. The number of fused-ring (bicyclic) bond motifs is 1. The van der Waals surface area contributed by atoms with Gasteiger partial charge in [-0.3, -0.25) is 0 Å². The summed E-state index contributed by atoms with van der Waals surface area (Å²) in [5, 5.41) is 5.74. The van der Waals surface area contributed by atoms with E-state index in [1.54, 1.807) is 13.1 Å². The van der Waals surface area contributed by atoms with Crippen LogP contribution in [0.5, 0.6) is 0 Å². The van der Waals surface area contributed by atoms with E-state index < -0.39 is 6.09 Å². The number of carbonyl (C=O) groups excluding carboxylic acids is 1. The molecule has 25 heavy (non-hydrogen) atoms. The summed E-state index contributed by atoms with van der Waals surface area (Å²) in [7, 11) is 0. The molecule has 3 aromatic rings. The van der Waals surface area contributed by atoms with Crippen molar-refractivity contribution in [1.82, 2.24) is 9.99 Å². The number of hydrazone groups is 1. The molecule has 0 aliphatic carbocycles. The van der Waals surface area contributed by atoms with Crippen molar-refractivity contribution < 1.29 is 9.53 Å². The minimum atomic E-state index is -0.571. The smallest absolute Gasteiger partial charge is 0.427 e. The van der Waals surface area contributed by atoms with Gasteiger partial charge in [0.15, 0.2) is 0 Å². The first kappa shape index (κ1) is 17.0. The molecule has 1 amide bonds. The van der Waals surface area contributed by atoms with Crippen LogP contribution in [0.3, 0.4) is 0 Å². The van der Waals surface area contributed by atoms with Crippen LogP contribution in [-0.4, -0.2) is 23.5 Å². The van der Waals surface area contributed by atoms with Crippen LogP contribution in [0.4, 0.5) is 4.79 Å². The van der Waals surface area contributed by atoms with E-state index in [1.165, 1.54) is 0 Å². The molecule has 0 fully saturated rings. The summed E-state index contributed by atoms with van der Waals surface area (Å²) >= 11 is 6.28. The number of rotatable bonds is 5. The summed E-state index contributed by atoms with van der Waals surface area (Å²) in [5.74, 6) is 0. The Morgan fingerprint density at radius 3 is 2.80 bits per heavy atom. The molecule has 0 atom stereocenters. The number of carbonyl (C=O) groups is 1. The highest BCUT2D eigenvalue weighted by molar-refractivity contribution is 6.31. The third-order valence-electron chi connectivity index (χ3n) is 3.75. The summed E-state index contributed by atoms with van der Waals surface area (Å²) in [6.45, 7) is 2.70. The summed E-state index contributed by atoms with van der Waals surface area (Å²) < 4.78 is 6.89. The number of ether oxygens (including phenoxy) is 1. The SMILES string of the molecule is CCOC(=O)N/N=C\c1cn(Cc2ccccc2Cl)c2ccccc12. The molecule has 0 aliphatic heterocycles. The summed E-state index contributed by atoms with van der Waals surface area (Å²) in [4.78, 5) is 11.3. The van der Waals surface area contributed by atoms with Gasteiger partial charge in [-0.1, -0.05) is 48.0 Å². The Morgan fingerprint density at radius 2 is 2.00 bits per heavy atom. The second kappa shape index (κ2) is 7.85. The van der Waals surface area contributed by atoms with Crippen molar-refractivity contribution in [1.29, 1.82) is 0 Å². The lowest BCUT2D eigenvalue weighted by Crippen LogP contribution is -2.18. The third kappa shape index (κ3) is 4.00. The zero-order valence-corrected chi connectivity index (χ0v) is 14.5. The minimum absolute atomic E-state index is 0.304. The average Bonchev–Trinajstić information content (AvgIpc) is 2.95. The topological polar surface area (TPSA) is 55.6 Å². The van der Waals surface area contributed by atoms with Gasteiger partial charge in [0.1, 0.15) is 0 Å². The van der Waals surface area contributed by atoms with Gasteiger partial charge in [-0.2, -0.15) is 5.10 Å². The fourth-order valence-corrected chi connectivity index (χ4v) is 2.83. The molecule has 5 nitrogen and oxygen atoms in total. The number of amides is 1. The van der Waals surface area contributed by atoms with Gasteiger partial charge in [0.2, 0.25) is 0 Å². The van der Waals surface area contributed by atoms with E-state index in [2.05, 4.69) is 15.1 Å². The molecule has 6 heteroatoms. The first-order chi connectivity index (χ1) is 12.2. The molecule has 2 aromatic carbocycles. The monoisotopic (exact) mass is 355 g/mol. The maximum Gasteiger partial charge on any atom is 0.427 e. The van der Waals surface area contributed by atoms with E-state index in [0.29, 0.717) is 13.2 Å². The summed E-state index contributed by atoms with van der Waals surface area (Å²) in [5.41, 5.74) is 5.35. The highest BCUT2D eigenvalue weighted by atomic mass is 35.5. The Labute approximate surface area is 150 Å². The van der Waals surface area contributed by atoms with Crippen molar-refractivity contribution in [3.63, 3.8) is 0 Å². The van der Waals surface area contributed by atoms with Crippen molar-refractivity contribution >= 4 is 34.8 Å². The first-order valence-corrected chi connectivity index (χ1v) is 8.34.